The van der Waals surface area contributed by atoms with Crippen LogP contribution in [-0.2, 0) is 11.5 Å². The molecular formula is C14H22N2OSi. The van der Waals surface area contributed by atoms with Gasteiger partial charge in [-0.1, -0.05) is 31.3 Å². The molecule has 18 heavy (non-hydrogen) atoms. The maximum absolute atomic E-state index is 5.73. The van der Waals surface area contributed by atoms with Crippen molar-refractivity contribution in [2.45, 2.75) is 39.3 Å². The Hall–Kier alpha value is -1.13. The van der Waals surface area contributed by atoms with Crippen molar-refractivity contribution >= 4 is 19.0 Å². The van der Waals surface area contributed by atoms with Crippen molar-refractivity contribution in [1.29, 1.82) is 0 Å². The summed E-state index contributed by atoms with van der Waals surface area (Å²) in [4.78, 5) is 0. The molecule has 0 saturated heterocycles. The first-order valence-corrected chi connectivity index (χ1v) is 10.2. The number of aromatic nitrogens is 2. The van der Waals surface area contributed by atoms with Crippen LogP contribution in [0.2, 0.25) is 25.7 Å². The lowest BCUT2D eigenvalue weighted by molar-refractivity contribution is 0.0817. The Kier molecular flexibility index (Phi) is 3.87. The lowest BCUT2D eigenvalue weighted by atomic mass is 10.2. The first kappa shape index (κ1) is 13.3. The molecular weight excluding hydrogens is 240 g/mol. The van der Waals surface area contributed by atoms with Crippen LogP contribution in [0.5, 0.6) is 0 Å². The molecule has 2 rings (SSSR count). The lowest BCUT2D eigenvalue weighted by Gasteiger charge is -2.15. The molecule has 0 aliphatic rings. The van der Waals surface area contributed by atoms with Crippen LogP contribution in [-0.4, -0.2) is 24.5 Å². The second kappa shape index (κ2) is 5.24. The summed E-state index contributed by atoms with van der Waals surface area (Å²) in [5.41, 5.74) is 2.41. The van der Waals surface area contributed by atoms with E-state index in [1.807, 2.05) is 10.9 Å². The van der Waals surface area contributed by atoms with E-state index in [0.717, 1.165) is 12.1 Å². The van der Waals surface area contributed by atoms with Crippen molar-refractivity contribution in [3.8, 4) is 0 Å². The minimum atomic E-state index is -0.995. The third kappa shape index (κ3) is 3.43. The third-order valence-electron chi connectivity index (χ3n) is 3.01. The molecule has 0 N–H and O–H groups in total. The van der Waals surface area contributed by atoms with Crippen LogP contribution in [0.15, 0.2) is 24.4 Å². The normalized spacial score (nSPS) is 12.2. The Morgan fingerprint density at radius 2 is 2.06 bits per heavy atom. The summed E-state index contributed by atoms with van der Waals surface area (Å²) in [7, 11) is -0.995. The van der Waals surface area contributed by atoms with Gasteiger partial charge in [-0.2, -0.15) is 5.10 Å². The summed E-state index contributed by atoms with van der Waals surface area (Å²) in [6.07, 6.45) is 1.91. The van der Waals surface area contributed by atoms with E-state index in [1.165, 1.54) is 17.0 Å². The molecule has 0 aliphatic carbocycles. The zero-order valence-corrected chi connectivity index (χ0v) is 12.7. The average molecular weight is 262 g/mol. The molecule has 1 aromatic carbocycles. The Bertz CT molecular complexity index is 528. The predicted molar refractivity (Wildman–Crippen MR) is 78.6 cm³/mol. The quantitative estimate of drug-likeness (QED) is 0.607. The highest BCUT2D eigenvalue weighted by Gasteiger charge is 2.12. The largest absolute Gasteiger partial charge is 0.360 e. The SMILES string of the molecule is Cc1ccc2c(cnn2COCC[Si](C)(C)C)c1. The van der Waals surface area contributed by atoms with E-state index in [2.05, 4.69) is 49.9 Å². The van der Waals surface area contributed by atoms with Crippen LogP contribution >= 0.6 is 0 Å². The van der Waals surface area contributed by atoms with Crippen molar-refractivity contribution in [3.63, 3.8) is 0 Å². The first-order chi connectivity index (χ1) is 8.46. The molecule has 4 heteroatoms. The fourth-order valence-corrected chi connectivity index (χ4v) is 2.60. The molecule has 98 valence electrons. The van der Waals surface area contributed by atoms with Gasteiger partial charge in [0.1, 0.15) is 6.73 Å². The van der Waals surface area contributed by atoms with Crippen LogP contribution in [0, 0.1) is 6.92 Å². The highest BCUT2D eigenvalue weighted by Crippen LogP contribution is 2.15. The van der Waals surface area contributed by atoms with Gasteiger partial charge in [-0.3, -0.25) is 0 Å². The van der Waals surface area contributed by atoms with E-state index >= 15 is 0 Å². The number of rotatable bonds is 5. The molecule has 0 amide bonds. The standard InChI is InChI=1S/C14H22N2OSi/c1-12-5-6-14-13(9-12)10-15-16(14)11-17-7-8-18(2,3)4/h5-6,9-10H,7-8,11H2,1-4H3. The topological polar surface area (TPSA) is 27.1 Å². The first-order valence-electron chi connectivity index (χ1n) is 6.46. The molecule has 2 aromatic rings. The van der Waals surface area contributed by atoms with Gasteiger partial charge in [0.2, 0.25) is 0 Å². The maximum Gasteiger partial charge on any atom is 0.139 e. The van der Waals surface area contributed by atoms with E-state index in [9.17, 15) is 0 Å². The summed E-state index contributed by atoms with van der Waals surface area (Å²) < 4.78 is 7.66. The smallest absolute Gasteiger partial charge is 0.139 e. The van der Waals surface area contributed by atoms with Gasteiger partial charge in [-0.05, 0) is 25.1 Å². The highest BCUT2D eigenvalue weighted by atomic mass is 28.3. The number of benzene rings is 1. The Morgan fingerprint density at radius 1 is 1.28 bits per heavy atom. The Labute approximate surface area is 110 Å². The number of hydrogen-bond donors (Lipinski definition) is 0. The maximum atomic E-state index is 5.73. The van der Waals surface area contributed by atoms with Crippen LogP contribution in [0.25, 0.3) is 10.9 Å². The molecule has 0 saturated carbocycles. The summed E-state index contributed by atoms with van der Waals surface area (Å²) in [5, 5.41) is 5.56. The molecule has 1 aromatic heterocycles. The predicted octanol–water partition coefficient (Wildman–Crippen LogP) is 3.66. The van der Waals surface area contributed by atoms with E-state index < -0.39 is 8.07 Å². The third-order valence-corrected chi connectivity index (χ3v) is 4.71. The Balaban J connectivity index is 1.96. The van der Waals surface area contributed by atoms with Gasteiger partial charge in [0.05, 0.1) is 11.7 Å². The molecule has 0 radical (unpaired) electrons. The molecule has 0 spiro atoms. The van der Waals surface area contributed by atoms with Gasteiger partial charge in [-0.15, -0.1) is 0 Å². The van der Waals surface area contributed by atoms with E-state index in [0.29, 0.717) is 6.73 Å². The summed E-state index contributed by atoms with van der Waals surface area (Å²) in [5.74, 6) is 0. The minimum absolute atomic E-state index is 0.553. The van der Waals surface area contributed by atoms with Crippen molar-refractivity contribution in [2.75, 3.05) is 6.61 Å². The highest BCUT2D eigenvalue weighted by molar-refractivity contribution is 6.76. The number of nitrogens with zero attached hydrogens (tertiary/aromatic N) is 2. The zero-order valence-electron chi connectivity index (χ0n) is 11.7. The van der Waals surface area contributed by atoms with Crippen molar-refractivity contribution in [1.82, 2.24) is 9.78 Å². The van der Waals surface area contributed by atoms with E-state index in [4.69, 9.17) is 4.74 Å². The Morgan fingerprint density at radius 3 is 2.78 bits per heavy atom. The minimum Gasteiger partial charge on any atom is -0.360 e. The molecule has 0 atom stereocenters. The van der Waals surface area contributed by atoms with Crippen molar-refractivity contribution in [2.24, 2.45) is 0 Å². The average Bonchev–Trinajstić information content (AvgIpc) is 2.65. The second-order valence-electron chi connectivity index (χ2n) is 6.05. The fraction of sp³-hybridized carbons (Fsp3) is 0.500. The molecule has 1 heterocycles. The fourth-order valence-electron chi connectivity index (χ4n) is 1.84. The molecule has 0 bridgehead atoms. The van der Waals surface area contributed by atoms with Gasteiger partial charge >= 0.3 is 0 Å². The second-order valence-corrected chi connectivity index (χ2v) is 11.7. The van der Waals surface area contributed by atoms with Crippen molar-refractivity contribution in [3.05, 3.63) is 30.0 Å². The monoisotopic (exact) mass is 262 g/mol. The summed E-state index contributed by atoms with van der Waals surface area (Å²) in [6.45, 7) is 10.6. The molecule has 3 nitrogen and oxygen atoms in total. The summed E-state index contributed by atoms with van der Waals surface area (Å²) >= 11 is 0. The molecule has 0 fully saturated rings. The van der Waals surface area contributed by atoms with Crippen LogP contribution in [0.1, 0.15) is 5.56 Å². The van der Waals surface area contributed by atoms with Crippen LogP contribution in [0.4, 0.5) is 0 Å². The van der Waals surface area contributed by atoms with Gasteiger partial charge in [0.25, 0.3) is 0 Å². The van der Waals surface area contributed by atoms with E-state index in [1.54, 1.807) is 0 Å². The zero-order chi connectivity index (χ0) is 13.2. The summed E-state index contributed by atoms with van der Waals surface area (Å²) in [6, 6.07) is 7.58. The molecule has 0 aliphatic heterocycles. The van der Waals surface area contributed by atoms with Gasteiger partial charge < -0.3 is 4.74 Å². The van der Waals surface area contributed by atoms with Gasteiger partial charge in [0.15, 0.2) is 0 Å². The van der Waals surface area contributed by atoms with Crippen LogP contribution in [0.3, 0.4) is 0 Å². The van der Waals surface area contributed by atoms with Gasteiger partial charge in [-0.25, -0.2) is 4.68 Å². The lowest BCUT2D eigenvalue weighted by Crippen LogP contribution is -2.22. The number of aryl methyl sites for hydroxylation is 1. The van der Waals surface area contributed by atoms with Gasteiger partial charge in [0, 0.05) is 20.1 Å². The van der Waals surface area contributed by atoms with Crippen molar-refractivity contribution < 1.29 is 4.74 Å². The number of fused-ring (bicyclic) bond motifs is 1. The van der Waals surface area contributed by atoms with E-state index in [-0.39, 0.29) is 0 Å². The molecule has 0 unspecified atom stereocenters. The number of ether oxygens (including phenoxy) is 1. The number of hydrogen-bond acceptors (Lipinski definition) is 2. The van der Waals surface area contributed by atoms with Crippen LogP contribution < -0.4 is 0 Å².